The number of fused-ring (bicyclic) bond motifs is 1. The van der Waals surface area contributed by atoms with Gasteiger partial charge in [-0.25, -0.2) is 4.98 Å². The van der Waals surface area contributed by atoms with E-state index in [4.69, 9.17) is 0 Å². The van der Waals surface area contributed by atoms with Crippen molar-refractivity contribution < 1.29 is 4.79 Å². The van der Waals surface area contributed by atoms with Crippen molar-refractivity contribution in [1.82, 2.24) is 20.3 Å². The van der Waals surface area contributed by atoms with Gasteiger partial charge in [0.05, 0.1) is 5.56 Å². The van der Waals surface area contributed by atoms with Gasteiger partial charge in [0.1, 0.15) is 5.82 Å². The summed E-state index contributed by atoms with van der Waals surface area (Å²) >= 11 is 0. The Morgan fingerprint density at radius 2 is 2.15 bits per heavy atom. The third-order valence-corrected chi connectivity index (χ3v) is 3.26. The summed E-state index contributed by atoms with van der Waals surface area (Å²) in [6.45, 7) is 0.638. The second-order valence-electron chi connectivity index (χ2n) is 4.64. The zero-order valence-corrected chi connectivity index (χ0v) is 11.0. The molecule has 0 aliphatic rings. The number of nitrogens with one attached hydrogen (secondary N) is 3. The molecule has 5 nitrogen and oxygen atoms in total. The first-order valence-electron chi connectivity index (χ1n) is 6.67. The van der Waals surface area contributed by atoms with Gasteiger partial charge in [-0.3, -0.25) is 4.79 Å². The lowest BCUT2D eigenvalue weighted by Crippen LogP contribution is -2.24. The molecule has 0 spiro atoms. The van der Waals surface area contributed by atoms with Gasteiger partial charge in [-0.15, -0.1) is 0 Å². The van der Waals surface area contributed by atoms with E-state index in [1.165, 1.54) is 0 Å². The van der Waals surface area contributed by atoms with Gasteiger partial charge in [0, 0.05) is 42.5 Å². The van der Waals surface area contributed by atoms with E-state index in [1.54, 1.807) is 18.6 Å². The zero-order chi connectivity index (χ0) is 13.8. The standard InChI is InChI=1S/C15H16N4O/c20-15(18-7-3-6-14-16-8-9-17-14)12-10-19-13-5-2-1-4-11(12)13/h1-2,4-5,8-10,19H,3,6-7H2,(H,16,17)(H,18,20). The van der Waals surface area contributed by atoms with Crippen LogP contribution in [0, 0.1) is 0 Å². The van der Waals surface area contributed by atoms with Crippen LogP contribution in [0.5, 0.6) is 0 Å². The molecule has 3 N–H and O–H groups in total. The number of aromatic nitrogens is 3. The maximum atomic E-state index is 12.1. The monoisotopic (exact) mass is 268 g/mol. The fraction of sp³-hybridized carbons (Fsp3) is 0.200. The van der Waals surface area contributed by atoms with Gasteiger partial charge in [0.2, 0.25) is 0 Å². The number of hydrogen-bond donors (Lipinski definition) is 3. The van der Waals surface area contributed by atoms with E-state index in [1.807, 2.05) is 24.3 Å². The second kappa shape index (κ2) is 5.61. The number of nitrogens with zero attached hydrogens (tertiary/aromatic N) is 1. The Bertz CT molecular complexity index is 700. The van der Waals surface area contributed by atoms with Crippen LogP contribution in [0.4, 0.5) is 0 Å². The second-order valence-corrected chi connectivity index (χ2v) is 4.64. The molecular formula is C15H16N4O. The highest BCUT2D eigenvalue weighted by atomic mass is 16.1. The fourth-order valence-electron chi connectivity index (χ4n) is 2.25. The summed E-state index contributed by atoms with van der Waals surface area (Å²) in [5, 5.41) is 3.89. The molecule has 20 heavy (non-hydrogen) atoms. The van der Waals surface area contributed by atoms with Crippen LogP contribution in [-0.4, -0.2) is 27.4 Å². The summed E-state index contributed by atoms with van der Waals surface area (Å²) in [6, 6.07) is 7.79. The molecular weight excluding hydrogens is 252 g/mol. The average Bonchev–Trinajstić information content (AvgIpc) is 3.12. The Kier molecular flexibility index (Phi) is 3.50. The Balaban J connectivity index is 1.56. The van der Waals surface area contributed by atoms with Crippen molar-refractivity contribution in [3.63, 3.8) is 0 Å². The highest BCUT2D eigenvalue weighted by molar-refractivity contribution is 6.06. The molecule has 0 aliphatic heterocycles. The zero-order valence-electron chi connectivity index (χ0n) is 11.0. The van der Waals surface area contributed by atoms with Crippen molar-refractivity contribution in [2.75, 3.05) is 6.54 Å². The summed E-state index contributed by atoms with van der Waals surface area (Å²) in [5.41, 5.74) is 1.67. The number of carbonyl (C=O) groups is 1. The lowest BCUT2D eigenvalue weighted by atomic mass is 10.1. The van der Waals surface area contributed by atoms with E-state index in [9.17, 15) is 4.79 Å². The number of amides is 1. The topological polar surface area (TPSA) is 73.6 Å². The van der Waals surface area contributed by atoms with Gasteiger partial charge < -0.3 is 15.3 Å². The predicted octanol–water partition coefficient (Wildman–Crippen LogP) is 2.25. The first-order chi connectivity index (χ1) is 9.84. The lowest BCUT2D eigenvalue weighted by Gasteiger charge is -2.03. The number of rotatable bonds is 5. The molecule has 1 amide bonds. The molecule has 3 rings (SSSR count). The van der Waals surface area contributed by atoms with E-state index >= 15 is 0 Å². The van der Waals surface area contributed by atoms with Crippen LogP contribution >= 0.6 is 0 Å². The predicted molar refractivity (Wildman–Crippen MR) is 77.5 cm³/mol. The van der Waals surface area contributed by atoms with E-state index < -0.39 is 0 Å². The Labute approximate surface area is 116 Å². The van der Waals surface area contributed by atoms with Crippen molar-refractivity contribution in [1.29, 1.82) is 0 Å². The maximum Gasteiger partial charge on any atom is 0.253 e. The highest BCUT2D eigenvalue weighted by Crippen LogP contribution is 2.17. The smallest absolute Gasteiger partial charge is 0.253 e. The van der Waals surface area contributed by atoms with Gasteiger partial charge in [0.15, 0.2) is 0 Å². The van der Waals surface area contributed by atoms with Crippen LogP contribution in [0.15, 0.2) is 42.9 Å². The minimum atomic E-state index is -0.0399. The summed E-state index contributed by atoms with van der Waals surface area (Å²) in [5.74, 6) is 0.910. The molecule has 2 heterocycles. The lowest BCUT2D eigenvalue weighted by molar-refractivity contribution is 0.0955. The SMILES string of the molecule is O=C(NCCCc1ncc[nH]1)c1c[nH]c2ccccc12. The first-order valence-corrected chi connectivity index (χ1v) is 6.67. The largest absolute Gasteiger partial charge is 0.360 e. The molecule has 0 unspecified atom stereocenters. The molecule has 1 aromatic carbocycles. The third-order valence-electron chi connectivity index (χ3n) is 3.26. The van der Waals surface area contributed by atoms with Crippen molar-refractivity contribution in [3.05, 3.63) is 54.2 Å². The van der Waals surface area contributed by atoms with Crippen LogP contribution in [0.3, 0.4) is 0 Å². The van der Waals surface area contributed by atoms with Crippen molar-refractivity contribution in [3.8, 4) is 0 Å². The van der Waals surface area contributed by atoms with Crippen LogP contribution in [-0.2, 0) is 6.42 Å². The minimum absolute atomic E-state index is 0.0399. The van der Waals surface area contributed by atoms with E-state index in [2.05, 4.69) is 20.3 Å². The summed E-state index contributed by atoms with van der Waals surface area (Å²) in [6.07, 6.45) is 7.00. The molecule has 0 atom stereocenters. The van der Waals surface area contributed by atoms with Crippen LogP contribution in [0.2, 0.25) is 0 Å². The molecule has 2 aromatic heterocycles. The quantitative estimate of drug-likeness (QED) is 0.621. The number of aryl methyl sites for hydroxylation is 1. The number of H-pyrrole nitrogens is 2. The normalized spacial score (nSPS) is 10.8. The van der Waals surface area contributed by atoms with Crippen LogP contribution in [0.1, 0.15) is 22.6 Å². The van der Waals surface area contributed by atoms with Crippen LogP contribution in [0.25, 0.3) is 10.9 Å². The van der Waals surface area contributed by atoms with Gasteiger partial charge in [-0.1, -0.05) is 18.2 Å². The molecule has 0 bridgehead atoms. The molecule has 5 heteroatoms. The Morgan fingerprint density at radius 3 is 3.00 bits per heavy atom. The van der Waals surface area contributed by atoms with Gasteiger partial charge in [-0.2, -0.15) is 0 Å². The molecule has 0 fully saturated rings. The molecule has 0 aliphatic carbocycles. The van der Waals surface area contributed by atoms with Gasteiger partial charge in [-0.05, 0) is 12.5 Å². The average molecular weight is 268 g/mol. The first kappa shape index (κ1) is 12.5. The highest BCUT2D eigenvalue weighted by Gasteiger charge is 2.10. The Hall–Kier alpha value is -2.56. The van der Waals surface area contributed by atoms with Gasteiger partial charge in [0.25, 0.3) is 5.91 Å². The van der Waals surface area contributed by atoms with E-state index in [-0.39, 0.29) is 5.91 Å². The van der Waals surface area contributed by atoms with Gasteiger partial charge >= 0.3 is 0 Å². The fourth-order valence-corrected chi connectivity index (χ4v) is 2.25. The number of hydrogen-bond acceptors (Lipinski definition) is 2. The van der Waals surface area contributed by atoms with E-state index in [0.29, 0.717) is 12.1 Å². The maximum absolute atomic E-state index is 12.1. The van der Waals surface area contributed by atoms with Crippen molar-refractivity contribution in [2.24, 2.45) is 0 Å². The van der Waals surface area contributed by atoms with Crippen LogP contribution < -0.4 is 5.32 Å². The van der Waals surface area contributed by atoms with Crippen molar-refractivity contribution >= 4 is 16.8 Å². The number of imidazole rings is 1. The summed E-state index contributed by atoms with van der Waals surface area (Å²) < 4.78 is 0. The molecule has 0 radical (unpaired) electrons. The number of aromatic amines is 2. The summed E-state index contributed by atoms with van der Waals surface area (Å²) in [7, 11) is 0. The minimum Gasteiger partial charge on any atom is -0.360 e. The molecule has 0 saturated carbocycles. The molecule has 0 saturated heterocycles. The van der Waals surface area contributed by atoms with E-state index in [0.717, 1.165) is 29.6 Å². The molecule has 102 valence electrons. The Morgan fingerprint density at radius 1 is 1.25 bits per heavy atom. The number of carbonyl (C=O) groups excluding carboxylic acids is 1. The number of benzene rings is 1. The number of para-hydroxylation sites is 1. The summed E-state index contributed by atoms with van der Waals surface area (Å²) in [4.78, 5) is 22.4. The molecule has 3 aromatic rings. The third kappa shape index (κ3) is 2.56. The van der Waals surface area contributed by atoms with Crippen molar-refractivity contribution in [2.45, 2.75) is 12.8 Å².